The van der Waals surface area contributed by atoms with E-state index in [-0.39, 0.29) is 5.75 Å². The first kappa shape index (κ1) is 16.0. The van der Waals surface area contributed by atoms with Crippen LogP contribution in [0.25, 0.3) is 10.2 Å². The molecular formula is C12H15ClN2O2S3. The second-order valence-electron chi connectivity index (χ2n) is 4.58. The lowest BCUT2D eigenvalue weighted by Crippen LogP contribution is -2.05. The largest absolute Gasteiger partial charge is 0.229 e. The summed E-state index contributed by atoms with van der Waals surface area (Å²) in [7, 11) is -2.91. The Kier molecular flexibility index (Phi) is 4.94. The number of aromatic nitrogens is 2. The summed E-state index contributed by atoms with van der Waals surface area (Å²) in [4.78, 5) is 10.9. The third-order valence-corrected chi connectivity index (χ3v) is 6.39. The molecule has 0 aliphatic heterocycles. The molecule has 0 atom stereocenters. The van der Waals surface area contributed by atoms with Crippen LogP contribution in [-0.2, 0) is 15.6 Å². The van der Waals surface area contributed by atoms with Crippen LogP contribution in [0, 0.1) is 13.8 Å². The molecule has 8 heteroatoms. The maximum atomic E-state index is 11.0. The maximum absolute atomic E-state index is 11.0. The molecule has 0 aliphatic carbocycles. The number of aryl methyl sites for hydroxylation is 2. The SMILES string of the molecule is Cc1sc2nc(CSCCS(C)(=O)=O)nc(Cl)c2c1C. The van der Waals surface area contributed by atoms with Crippen molar-refractivity contribution in [2.75, 3.05) is 17.8 Å². The van der Waals surface area contributed by atoms with Crippen molar-refractivity contribution in [2.45, 2.75) is 19.6 Å². The van der Waals surface area contributed by atoms with Gasteiger partial charge in [-0.3, -0.25) is 0 Å². The van der Waals surface area contributed by atoms with E-state index in [0.717, 1.165) is 15.8 Å². The molecule has 0 amide bonds. The highest BCUT2D eigenvalue weighted by Crippen LogP contribution is 2.33. The molecule has 2 rings (SSSR count). The molecule has 2 heterocycles. The van der Waals surface area contributed by atoms with E-state index < -0.39 is 9.84 Å². The standard InChI is InChI=1S/C12H15ClN2O2S3/c1-7-8(2)19-12-10(7)11(13)14-9(15-12)6-18-4-5-20(3,16)17/h4-6H2,1-3H3. The first-order chi connectivity index (χ1) is 9.28. The number of halogens is 1. The predicted molar refractivity (Wildman–Crippen MR) is 87.8 cm³/mol. The van der Waals surface area contributed by atoms with Gasteiger partial charge < -0.3 is 0 Å². The summed E-state index contributed by atoms with van der Waals surface area (Å²) in [5.41, 5.74) is 1.13. The van der Waals surface area contributed by atoms with Crippen LogP contribution in [0.2, 0.25) is 5.15 Å². The zero-order chi connectivity index (χ0) is 14.9. The van der Waals surface area contributed by atoms with E-state index in [9.17, 15) is 8.42 Å². The average Bonchev–Trinajstić information content (AvgIpc) is 2.60. The lowest BCUT2D eigenvalue weighted by atomic mass is 10.2. The van der Waals surface area contributed by atoms with Crippen molar-refractivity contribution in [3.63, 3.8) is 0 Å². The quantitative estimate of drug-likeness (QED) is 0.612. The molecule has 4 nitrogen and oxygen atoms in total. The molecule has 0 saturated heterocycles. The summed E-state index contributed by atoms with van der Waals surface area (Å²) in [5, 5.41) is 1.41. The molecule has 110 valence electrons. The van der Waals surface area contributed by atoms with Crippen LogP contribution in [0.4, 0.5) is 0 Å². The average molecular weight is 351 g/mol. The summed E-state index contributed by atoms with van der Waals surface area (Å²) in [5.74, 6) is 1.94. The van der Waals surface area contributed by atoms with Gasteiger partial charge in [0, 0.05) is 16.9 Å². The zero-order valence-corrected chi connectivity index (χ0v) is 14.6. The monoisotopic (exact) mass is 350 g/mol. The van der Waals surface area contributed by atoms with Crippen molar-refractivity contribution in [3.8, 4) is 0 Å². The van der Waals surface area contributed by atoms with E-state index in [1.54, 1.807) is 11.3 Å². The number of sulfone groups is 1. The fraction of sp³-hybridized carbons (Fsp3) is 0.500. The summed E-state index contributed by atoms with van der Waals surface area (Å²) >= 11 is 9.33. The summed E-state index contributed by atoms with van der Waals surface area (Å²) in [6.45, 7) is 4.06. The smallest absolute Gasteiger partial charge is 0.148 e. The van der Waals surface area contributed by atoms with Gasteiger partial charge in [0.25, 0.3) is 0 Å². The number of thiophene rings is 1. The van der Waals surface area contributed by atoms with Crippen LogP contribution >= 0.6 is 34.7 Å². The summed E-state index contributed by atoms with van der Waals surface area (Å²) < 4.78 is 22.1. The van der Waals surface area contributed by atoms with Crippen molar-refractivity contribution in [1.82, 2.24) is 9.97 Å². The zero-order valence-electron chi connectivity index (χ0n) is 11.4. The number of hydrogen-bond acceptors (Lipinski definition) is 6. The van der Waals surface area contributed by atoms with Gasteiger partial charge in [-0.05, 0) is 19.4 Å². The minimum Gasteiger partial charge on any atom is -0.229 e. The van der Waals surface area contributed by atoms with Crippen LogP contribution in [0.5, 0.6) is 0 Å². The van der Waals surface area contributed by atoms with E-state index in [0.29, 0.717) is 22.5 Å². The Balaban J connectivity index is 2.12. The van der Waals surface area contributed by atoms with Crippen LogP contribution in [0.1, 0.15) is 16.3 Å². The molecule has 2 aromatic rings. The minimum atomic E-state index is -2.91. The normalized spacial score (nSPS) is 12.2. The summed E-state index contributed by atoms with van der Waals surface area (Å²) in [6.07, 6.45) is 1.24. The van der Waals surface area contributed by atoms with Gasteiger partial charge in [-0.2, -0.15) is 11.8 Å². The van der Waals surface area contributed by atoms with Gasteiger partial charge in [-0.15, -0.1) is 11.3 Å². The molecule has 0 aromatic carbocycles. The van der Waals surface area contributed by atoms with Crippen LogP contribution < -0.4 is 0 Å². The predicted octanol–water partition coefficient (Wildman–Crippen LogP) is 3.24. The number of thioether (sulfide) groups is 1. The molecule has 0 N–H and O–H groups in total. The Morgan fingerprint density at radius 2 is 2.00 bits per heavy atom. The van der Waals surface area contributed by atoms with E-state index in [2.05, 4.69) is 9.97 Å². The molecule has 0 saturated carbocycles. The number of hydrogen-bond donors (Lipinski definition) is 0. The number of rotatable bonds is 5. The lowest BCUT2D eigenvalue weighted by Gasteiger charge is -2.02. The van der Waals surface area contributed by atoms with Crippen molar-refractivity contribution < 1.29 is 8.42 Å². The van der Waals surface area contributed by atoms with Crippen LogP contribution in [-0.4, -0.2) is 36.1 Å². The lowest BCUT2D eigenvalue weighted by molar-refractivity contribution is 0.603. The Labute approximate surface area is 131 Å². The third-order valence-electron chi connectivity index (χ3n) is 2.86. The van der Waals surface area contributed by atoms with Gasteiger partial charge >= 0.3 is 0 Å². The highest BCUT2D eigenvalue weighted by Gasteiger charge is 2.13. The van der Waals surface area contributed by atoms with Gasteiger partial charge in [0.05, 0.1) is 16.9 Å². The Hall–Kier alpha value is -0.370. The van der Waals surface area contributed by atoms with Gasteiger partial charge in [0.2, 0.25) is 0 Å². The van der Waals surface area contributed by atoms with E-state index in [1.807, 2.05) is 13.8 Å². The van der Waals surface area contributed by atoms with E-state index in [4.69, 9.17) is 11.6 Å². The van der Waals surface area contributed by atoms with Crippen molar-refractivity contribution in [2.24, 2.45) is 0 Å². The molecule has 2 aromatic heterocycles. The van der Waals surface area contributed by atoms with Gasteiger partial charge in [0.1, 0.15) is 25.6 Å². The molecule has 0 radical (unpaired) electrons. The molecule has 0 fully saturated rings. The molecule has 0 unspecified atom stereocenters. The maximum Gasteiger partial charge on any atom is 0.148 e. The summed E-state index contributed by atoms with van der Waals surface area (Å²) in [6, 6.07) is 0. The minimum absolute atomic E-state index is 0.171. The fourth-order valence-electron chi connectivity index (χ4n) is 1.68. The first-order valence-corrected chi connectivity index (χ1v) is 10.4. The van der Waals surface area contributed by atoms with Gasteiger partial charge in [-0.25, -0.2) is 18.4 Å². The van der Waals surface area contributed by atoms with Gasteiger partial charge in [0.15, 0.2) is 0 Å². The Morgan fingerprint density at radius 3 is 2.65 bits per heavy atom. The molecular weight excluding hydrogens is 336 g/mol. The molecule has 0 spiro atoms. The highest BCUT2D eigenvalue weighted by molar-refractivity contribution is 7.99. The second kappa shape index (κ2) is 6.17. The van der Waals surface area contributed by atoms with Crippen LogP contribution in [0.15, 0.2) is 0 Å². The van der Waals surface area contributed by atoms with Crippen LogP contribution in [0.3, 0.4) is 0 Å². The van der Waals surface area contributed by atoms with E-state index >= 15 is 0 Å². The second-order valence-corrected chi connectivity index (χ2v) is 9.50. The fourth-order valence-corrected chi connectivity index (χ4v) is 5.25. The van der Waals surface area contributed by atoms with Crippen molar-refractivity contribution >= 4 is 54.8 Å². The Morgan fingerprint density at radius 1 is 1.30 bits per heavy atom. The Bertz CT molecular complexity index is 741. The van der Waals surface area contributed by atoms with Crippen molar-refractivity contribution in [3.05, 3.63) is 21.4 Å². The molecule has 0 aliphatic rings. The van der Waals surface area contributed by atoms with Crippen molar-refractivity contribution in [1.29, 1.82) is 0 Å². The molecule has 0 bridgehead atoms. The first-order valence-electron chi connectivity index (χ1n) is 5.95. The molecule has 20 heavy (non-hydrogen) atoms. The van der Waals surface area contributed by atoms with E-state index in [1.165, 1.54) is 22.9 Å². The third kappa shape index (κ3) is 3.84. The number of fused-ring (bicyclic) bond motifs is 1. The topological polar surface area (TPSA) is 59.9 Å². The number of nitrogens with zero attached hydrogens (tertiary/aromatic N) is 2. The van der Waals surface area contributed by atoms with Gasteiger partial charge in [-0.1, -0.05) is 11.6 Å². The highest BCUT2D eigenvalue weighted by atomic mass is 35.5.